The molecule has 0 radical (unpaired) electrons. The van der Waals surface area contributed by atoms with Crippen LogP contribution in [0.1, 0.15) is 45.6 Å². The monoisotopic (exact) mass is 286 g/mol. The van der Waals surface area contributed by atoms with E-state index >= 15 is 0 Å². The zero-order chi connectivity index (χ0) is 14.9. The highest BCUT2D eigenvalue weighted by atomic mass is 15.2. The van der Waals surface area contributed by atoms with Gasteiger partial charge in [-0.1, -0.05) is 39.0 Å². The van der Waals surface area contributed by atoms with Gasteiger partial charge < -0.3 is 10.2 Å². The van der Waals surface area contributed by atoms with E-state index in [-0.39, 0.29) is 0 Å². The molecule has 1 fully saturated rings. The minimum Gasteiger partial charge on any atom is -0.380 e. The molecule has 2 heteroatoms. The van der Waals surface area contributed by atoms with Gasteiger partial charge in [-0.2, -0.15) is 0 Å². The molecule has 2 atom stereocenters. The number of anilines is 1. The number of nitrogens with zero attached hydrogens (tertiary/aromatic N) is 1. The molecule has 0 spiro atoms. The second-order valence-corrected chi connectivity index (χ2v) is 8.00. The molecule has 1 N–H and O–H groups in total. The average Bonchev–Trinajstić information content (AvgIpc) is 2.66. The van der Waals surface area contributed by atoms with Crippen LogP contribution in [0.5, 0.6) is 0 Å². The summed E-state index contributed by atoms with van der Waals surface area (Å²) in [5, 5.41) is 3.70. The number of rotatable bonds is 2. The molecule has 0 amide bonds. The van der Waals surface area contributed by atoms with E-state index in [9.17, 15) is 0 Å². The zero-order valence-corrected chi connectivity index (χ0v) is 13.9. The number of fused-ring (bicyclic) bond motifs is 1. The van der Waals surface area contributed by atoms with Crippen LogP contribution in [0.3, 0.4) is 0 Å². The Morgan fingerprint density at radius 3 is 2.71 bits per heavy atom. The Bertz CT molecular complexity index is 450. The van der Waals surface area contributed by atoms with Crippen molar-refractivity contribution in [2.24, 2.45) is 11.3 Å². The minimum absolute atomic E-state index is 0.470. The summed E-state index contributed by atoms with van der Waals surface area (Å²) in [5.41, 5.74) is 3.31. The molecular weight excluding hydrogens is 256 g/mol. The first-order chi connectivity index (χ1) is 10.0. The number of benzene rings is 1. The predicted octanol–water partition coefficient (Wildman–Crippen LogP) is 4.17. The van der Waals surface area contributed by atoms with Crippen LogP contribution in [-0.4, -0.2) is 30.6 Å². The summed E-state index contributed by atoms with van der Waals surface area (Å²) < 4.78 is 0. The summed E-state index contributed by atoms with van der Waals surface area (Å²) in [6.45, 7) is 11.0. The number of nitrogens with one attached hydrogen (secondary N) is 1. The van der Waals surface area contributed by atoms with E-state index in [0.717, 1.165) is 5.92 Å². The molecule has 2 nitrogen and oxygen atoms in total. The number of likely N-dealkylation sites (tertiary alicyclic amines) is 1. The largest absolute Gasteiger partial charge is 0.380 e. The van der Waals surface area contributed by atoms with Crippen LogP contribution < -0.4 is 5.32 Å². The minimum atomic E-state index is 0.470. The van der Waals surface area contributed by atoms with Crippen LogP contribution in [0, 0.1) is 11.3 Å². The Balaban J connectivity index is 1.53. The van der Waals surface area contributed by atoms with Crippen molar-refractivity contribution in [2.45, 2.75) is 52.5 Å². The van der Waals surface area contributed by atoms with Crippen molar-refractivity contribution in [3.05, 3.63) is 29.8 Å². The van der Waals surface area contributed by atoms with E-state index in [1.807, 2.05) is 0 Å². The SMILES string of the molecule is CC(C)(C)C1CCCN(CC2Cc3ccccc3N2)CC1. The fourth-order valence-corrected chi connectivity index (χ4v) is 4.00. The molecule has 1 saturated heterocycles. The molecule has 21 heavy (non-hydrogen) atoms. The standard InChI is InChI=1S/C19H30N2/c1-19(2,3)16-8-6-11-21(12-10-16)14-17-13-15-7-4-5-9-18(15)20-17/h4-5,7,9,16-17,20H,6,8,10-14H2,1-3H3. The van der Waals surface area contributed by atoms with Crippen molar-refractivity contribution in [2.75, 3.05) is 25.0 Å². The second kappa shape index (κ2) is 6.00. The number of para-hydroxylation sites is 1. The quantitative estimate of drug-likeness (QED) is 0.877. The van der Waals surface area contributed by atoms with Crippen molar-refractivity contribution in [1.82, 2.24) is 4.90 Å². The molecule has 0 aliphatic carbocycles. The maximum atomic E-state index is 3.70. The topological polar surface area (TPSA) is 15.3 Å². The fraction of sp³-hybridized carbons (Fsp3) is 0.684. The van der Waals surface area contributed by atoms with Crippen LogP contribution in [0.2, 0.25) is 0 Å². The third-order valence-corrected chi connectivity index (χ3v) is 5.37. The molecule has 2 unspecified atom stereocenters. The molecule has 0 aromatic heterocycles. The van der Waals surface area contributed by atoms with Crippen molar-refractivity contribution >= 4 is 5.69 Å². The van der Waals surface area contributed by atoms with Gasteiger partial charge in [0.2, 0.25) is 0 Å². The van der Waals surface area contributed by atoms with Gasteiger partial charge in [0.1, 0.15) is 0 Å². The summed E-state index contributed by atoms with van der Waals surface area (Å²) in [5.74, 6) is 0.885. The van der Waals surface area contributed by atoms with Gasteiger partial charge in [0.25, 0.3) is 0 Å². The Morgan fingerprint density at radius 2 is 1.95 bits per heavy atom. The van der Waals surface area contributed by atoms with Crippen LogP contribution in [0.4, 0.5) is 5.69 Å². The lowest BCUT2D eigenvalue weighted by Crippen LogP contribution is -2.36. The van der Waals surface area contributed by atoms with Gasteiger partial charge in [0, 0.05) is 18.3 Å². The summed E-state index contributed by atoms with van der Waals surface area (Å²) in [6.07, 6.45) is 5.32. The molecule has 1 aromatic rings. The smallest absolute Gasteiger partial charge is 0.0429 e. The summed E-state index contributed by atoms with van der Waals surface area (Å²) in [7, 11) is 0. The van der Waals surface area contributed by atoms with E-state index in [1.165, 1.54) is 56.6 Å². The zero-order valence-electron chi connectivity index (χ0n) is 13.9. The summed E-state index contributed by atoms with van der Waals surface area (Å²) in [4.78, 5) is 2.69. The first-order valence-corrected chi connectivity index (χ1v) is 8.59. The van der Waals surface area contributed by atoms with E-state index in [4.69, 9.17) is 0 Å². The summed E-state index contributed by atoms with van der Waals surface area (Å²) in [6, 6.07) is 9.37. The Hall–Kier alpha value is -1.02. The molecule has 2 aliphatic rings. The molecule has 2 heterocycles. The van der Waals surface area contributed by atoms with Crippen molar-refractivity contribution in [3.8, 4) is 0 Å². The molecule has 3 rings (SSSR count). The lowest BCUT2D eigenvalue weighted by Gasteiger charge is -2.30. The maximum absolute atomic E-state index is 3.70. The molecule has 1 aromatic carbocycles. The van der Waals surface area contributed by atoms with Crippen LogP contribution in [0.25, 0.3) is 0 Å². The lowest BCUT2D eigenvalue weighted by molar-refractivity contribution is 0.206. The van der Waals surface area contributed by atoms with Gasteiger partial charge in [-0.15, -0.1) is 0 Å². The Kier molecular flexibility index (Phi) is 4.26. The maximum Gasteiger partial charge on any atom is 0.0429 e. The second-order valence-electron chi connectivity index (χ2n) is 8.00. The third-order valence-electron chi connectivity index (χ3n) is 5.37. The van der Waals surface area contributed by atoms with Crippen LogP contribution >= 0.6 is 0 Å². The van der Waals surface area contributed by atoms with E-state index in [0.29, 0.717) is 11.5 Å². The fourth-order valence-electron chi connectivity index (χ4n) is 4.00. The number of hydrogen-bond acceptors (Lipinski definition) is 2. The highest BCUT2D eigenvalue weighted by molar-refractivity contribution is 5.56. The normalized spacial score (nSPS) is 27.0. The Labute approximate surface area is 129 Å². The van der Waals surface area contributed by atoms with Crippen LogP contribution in [-0.2, 0) is 6.42 Å². The third kappa shape index (κ3) is 3.60. The molecule has 2 aliphatic heterocycles. The first-order valence-electron chi connectivity index (χ1n) is 8.59. The van der Waals surface area contributed by atoms with Gasteiger partial charge in [-0.25, -0.2) is 0 Å². The van der Waals surface area contributed by atoms with Gasteiger partial charge in [-0.05, 0) is 61.7 Å². The van der Waals surface area contributed by atoms with E-state index in [1.54, 1.807) is 0 Å². The predicted molar refractivity (Wildman–Crippen MR) is 90.8 cm³/mol. The number of hydrogen-bond donors (Lipinski definition) is 1. The van der Waals surface area contributed by atoms with E-state index in [2.05, 4.69) is 55.3 Å². The highest BCUT2D eigenvalue weighted by Gasteiger charge is 2.28. The van der Waals surface area contributed by atoms with Gasteiger partial charge in [0.15, 0.2) is 0 Å². The molecule has 0 saturated carbocycles. The van der Waals surface area contributed by atoms with Crippen molar-refractivity contribution in [1.29, 1.82) is 0 Å². The molecule has 116 valence electrons. The van der Waals surface area contributed by atoms with Gasteiger partial charge >= 0.3 is 0 Å². The average molecular weight is 286 g/mol. The Morgan fingerprint density at radius 1 is 1.14 bits per heavy atom. The van der Waals surface area contributed by atoms with Gasteiger partial charge in [-0.3, -0.25) is 0 Å². The molecule has 0 bridgehead atoms. The summed E-state index contributed by atoms with van der Waals surface area (Å²) >= 11 is 0. The van der Waals surface area contributed by atoms with Gasteiger partial charge in [0.05, 0.1) is 0 Å². The lowest BCUT2D eigenvalue weighted by atomic mass is 9.77. The van der Waals surface area contributed by atoms with Crippen molar-refractivity contribution < 1.29 is 0 Å². The first kappa shape index (κ1) is 14.9. The highest BCUT2D eigenvalue weighted by Crippen LogP contribution is 2.34. The van der Waals surface area contributed by atoms with Crippen LogP contribution in [0.15, 0.2) is 24.3 Å². The molecular formula is C19H30N2. The van der Waals surface area contributed by atoms with Crippen molar-refractivity contribution in [3.63, 3.8) is 0 Å². The van der Waals surface area contributed by atoms with E-state index < -0.39 is 0 Å².